The van der Waals surface area contributed by atoms with Crippen LogP contribution in [0.4, 0.5) is 0 Å². The monoisotopic (exact) mass is 433 g/mol. The average molecular weight is 434 g/mol. The van der Waals surface area contributed by atoms with Crippen LogP contribution in [-0.4, -0.2) is 50.6 Å². The van der Waals surface area contributed by atoms with Crippen LogP contribution in [-0.2, 0) is 4.79 Å². The van der Waals surface area contributed by atoms with Crippen molar-refractivity contribution in [1.82, 2.24) is 15.5 Å². The second kappa shape index (κ2) is 14.9. The van der Waals surface area contributed by atoms with E-state index in [0.29, 0.717) is 18.9 Å². The molecule has 0 bridgehead atoms. The Kier molecular flexibility index (Phi) is 14.4. The van der Waals surface area contributed by atoms with Crippen LogP contribution in [0.1, 0.15) is 51.1 Å². The fourth-order valence-electron chi connectivity index (χ4n) is 3.78. The summed E-state index contributed by atoms with van der Waals surface area (Å²) in [5, 5.41) is 6.55. The fraction of sp³-hybridized carbons (Fsp3) is 0.667. The van der Waals surface area contributed by atoms with E-state index < -0.39 is 0 Å². The smallest absolute Gasteiger partial charge is 0.220 e. The zero-order valence-electron chi connectivity index (χ0n) is 17.4. The molecule has 1 aromatic rings. The molecule has 0 saturated carbocycles. The van der Waals surface area contributed by atoms with Gasteiger partial charge in [-0.25, -0.2) is 0 Å². The lowest BCUT2D eigenvalue weighted by molar-refractivity contribution is -0.121. The zero-order valence-corrected chi connectivity index (χ0v) is 19.0. The lowest BCUT2D eigenvalue weighted by atomic mass is 9.93. The van der Waals surface area contributed by atoms with Gasteiger partial charge in [0.25, 0.3) is 0 Å². The highest BCUT2D eigenvalue weighted by molar-refractivity contribution is 5.85. The lowest BCUT2D eigenvalue weighted by Crippen LogP contribution is -2.38. The topological polar surface area (TPSA) is 53.6 Å². The van der Waals surface area contributed by atoms with Crippen LogP contribution in [0.15, 0.2) is 24.3 Å². The van der Waals surface area contributed by atoms with E-state index in [4.69, 9.17) is 4.74 Å². The summed E-state index contributed by atoms with van der Waals surface area (Å²) in [6, 6.07) is 8.34. The van der Waals surface area contributed by atoms with Crippen LogP contribution in [0.2, 0.25) is 0 Å². The van der Waals surface area contributed by atoms with Crippen LogP contribution in [0.3, 0.4) is 0 Å². The molecule has 0 aliphatic carbocycles. The van der Waals surface area contributed by atoms with Gasteiger partial charge in [0.1, 0.15) is 5.75 Å². The molecule has 1 aliphatic rings. The van der Waals surface area contributed by atoms with Crippen molar-refractivity contribution < 1.29 is 9.53 Å². The van der Waals surface area contributed by atoms with E-state index in [1.54, 1.807) is 7.11 Å². The van der Waals surface area contributed by atoms with Gasteiger partial charge in [-0.3, -0.25) is 9.69 Å². The molecule has 1 aliphatic heterocycles. The van der Waals surface area contributed by atoms with Crippen molar-refractivity contribution in [1.29, 1.82) is 0 Å². The Morgan fingerprint density at radius 2 is 1.93 bits per heavy atom. The van der Waals surface area contributed by atoms with Gasteiger partial charge < -0.3 is 15.4 Å². The number of nitrogens with zero attached hydrogens (tertiary/aromatic N) is 1. The summed E-state index contributed by atoms with van der Waals surface area (Å²) in [6.07, 6.45) is 4.02. The first-order chi connectivity index (χ1) is 12.7. The Balaban J connectivity index is 0.00000364. The summed E-state index contributed by atoms with van der Waals surface area (Å²) in [5.41, 5.74) is 1.19. The fourth-order valence-corrected chi connectivity index (χ4v) is 3.78. The van der Waals surface area contributed by atoms with Crippen molar-refractivity contribution in [3.05, 3.63) is 29.8 Å². The summed E-state index contributed by atoms with van der Waals surface area (Å²) >= 11 is 0. The van der Waals surface area contributed by atoms with Crippen LogP contribution in [0.5, 0.6) is 5.75 Å². The van der Waals surface area contributed by atoms with Crippen molar-refractivity contribution in [2.75, 3.05) is 39.8 Å². The first-order valence-electron chi connectivity index (χ1n) is 10.0. The number of rotatable bonds is 10. The third-order valence-electron chi connectivity index (χ3n) is 5.46. The highest BCUT2D eigenvalue weighted by Gasteiger charge is 2.20. The summed E-state index contributed by atoms with van der Waals surface area (Å²) in [6.45, 7) is 9.04. The maximum atomic E-state index is 12.4. The van der Waals surface area contributed by atoms with Crippen molar-refractivity contribution >= 4 is 30.7 Å². The molecule has 1 heterocycles. The number of halogens is 2. The molecule has 1 unspecified atom stereocenters. The summed E-state index contributed by atoms with van der Waals surface area (Å²) < 4.78 is 5.37. The first kappa shape index (κ1) is 27.0. The van der Waals surface area contributed by atoms with Gasteiger partial charge in [-0.05, 0) is 69.1 Å². The minimum Gasteiger partial charge on any atom is -0.497 e. The van der Waals surface area contributed by atoms with Crippen molar-refractivity contribution in [2.24, 2.45) is 5.92 Å². The second-order valence-corrected chi connectivity index (χ2v) is 7.05. The van der Waals surface area contributed by atoms with E-state index in [9.17, 15) is 4.79 Å². The number of carbonyl (C=O) groups excluding carboxylic acids is 1. The van der Waals surface area contributed by atoms with Gasteiger partial charge in [0, 0.05) is 13.0 Å². The number of carbonyl (C=O) groups is 1. The number of likely N-dealkylation sites (N-methyl/N-ethyl adjacent to an activating group) is 1. The van der Waals surface area contributed by atoms with Crippen LogP contribution < -0.4 is 15.4 Å². The first-order valence-corrected chi connectivity index (χ1v) is 10.0. The number of nitrogens with one attached hydrogen (secondary N) is 2. The minimum absolute atomic E-state index is 0. The van der Waals surface area contributed by atoms with Crippen LogP contribution >= 0.6 is 24.8 Å². The second-order valence-electron chi connectivity index (χ2n) is 7.05. The van der Waals surface area contributed by atoms with Crippen LogP contribution in [0.25, 0.3) is 0 Å². The number of hydrogen-bond donors (Lipinski definition) is 2. The molecule has 0 radical (unpaired) electrons. The third kappa shape index (κ3) is 8.56. The minimum atomic E-state index is 0. The quantitative estimate of drug-likeness (QED) is 0.588. The third-order valence-corrected chi connectivity index (χ3v) is 5.46. The van der Waals surface area contributed by atoms with Gasteiger partial charge in [0.15, 0.2) is 0 Å². The molecule has 28 heavy (non-hydrogen) atoms. The number of amides is 1. The Hall–Kier alpha value is -1.01. The van der Waals surface area contributed by atoms with E-state index in [1.165, 1.54) is 18.4 Å². The van der Waals surface area contributed by atoms with E-state index in [0.717, 1.165) is 38.3 Å². The molecular formula is C21H37Cl2N3O2. The molecule has 2 rings (SSSR count). The molecule has 5 nitrogen and oxygen atoms in total. The predicted molar refractivity (Wildman–Crippen MR) is 121 cm³/mol. The molecular weight excluding hydrogens is 397 g/mol. The highest BCUT2D eigenvalue weighted by Crippen LogP contribution is 2.24. The molecule has 1 aromatic carbocycles. The molecule has 1 atom stereocenters. The SMILES string of the molecule is CCN(CC)C(CNC(=O)CCC1CCNCC1)c1cccc(OC)c1.Cl.Cl. The Morgan fingerprint density at radius 3 is 2.54 bits per heavy atom. The molecule has 7 heteroatoms. The van der Waals surface area contributed by atoms with Gasteiger partial charge in [-0.15, -0.1) is 24.8 Å². The number of benzene rings is 1. The standard InChI is InChI=1S/C21H35N3O2.2ClH/c1-4-24(5-2)20(18-7-6-8-19(15-18)26-3)16-23-21(25)10-9-17-11-13-22-14-12-17;;/h6-8,15,17,20,22H,4-5,9-14,16H2,1-3H3,(H,23,25);2*1H. The van der Waals surface area contributed by atoms with Gasteiger partial charge in [-0.2, -0.15) is 0 Å². The lowest BCUT2D eigenvalue weighted by Gasteiger charge is -2.30. The van der Waals surface area contributed by atoms with Gasteiger partial charge in [-0.1, -0.05) is 26.0 Å². The summed E-state index contributed by atoms with van der Waals surface area (Å²) in [7, 11) is 1.69. The van der Waals surface area contributed by atoms with Crippen molar-refractivity contribution in [3.8, 4) is 5.75 Å². The molecule has 1 fully saturated rings. The zero-order chi connectivity index (χ0) is 18.8. The molecule has 162 valence electrons. The van der Waals surface area contributed by atoms with Crippen molar-refractivity contribution in [3.63, 3.8) is 0 Å². The summed E-state index contributed by atoms with van der Waals surface area (Å²) in [4.78, 5) is 14.8. The highest BCUT2D eigenvalue weighted by atomic mass is 35.5. The Bertz CT molecular complexity index is 550. The van der Waals surface area contributed by atoms with E-state index >= 15 is 0 Å². The van der Waals surface area contributed by atoms with Crippen LogP contribution in [0, 0.1) is 5.92 Å². The molecule has 1 saturated heterocycles. The largest absolute Gasteiger partial charge is 0.497 e. The Labute approximate surface area is 182 Å². The van der Waals surface area contributed by atoms with Gasteiger partial charge in [0.2, 0.25) is 5.91 Å². The van der Waals surface area contributed by atoms with E-state index in [2.05, 4.69) is 41.5 Å². The van der Waals surface area contributed by atoms with E-state index in [-0.39, 0.29) is 36.8 Å². The number of hydrogen-bond acceptors (Lipinski definition) is 4. The Morgan fingerprint density at radius 1 is 1.25 bits per heavy atom. The van der Waals surface area contributed by atoms with Crippen molar-refractivity contribution in [2.45, 2.75) is 45.6 Å². The van der Waals surface area contributed by atoms with Gasteiger partial charge in [0.05, 0.1) is 13.2 Å². The number of methoxy groups -OCH3 is 1. The average Bonchev–Trinajstić information content (AvgIpc) is 2.70. The molecule has 1 amide bonds. The van der Waals surface area contributed by atoms with Gasteiger partial charge >= 0.3 is 0 Å². The predicted octanol–water partition coefficient (Wildman–Crippen LogP) is 3.82. The maximum absolute atomic E-state index is 12.4. The maximum Gasteiger partial charge on any atom is 0.220 e. The van der Waals surface area contributed by atoms with E-state index in [1.807, 2.05) is 12.1 Å². The number of piperidine rings is 1. The molecule has 2 N–H and O–H groups in total. The number of ether oxygens (including phenoxy) is 1. The summed E-state index contributed by atoms with van der Waals surface area (Å²) in [5.74, 6) is 1.72. The normalized spacial score (nSPS) is 15.3. The molecule has 0 aromatic heterocycles. The molecule has 0 spiro atoms.